The van der Waals surface area contributed by atoms with Crippen LogP contribution in [0.15, 0.2) is 12.5 Å². The maximum atomic E-state index is 8.47. The van der Waals surface area contributed by atoms with E-state index in [4.69, 9.17) is 5.21 Å². The second kappa shape index (κ2) is 2.64. The summed E-state index contributed by atoms with van der Waals surface area (Å²) in [7, 11) is 0. The summed E-state index contributed by atoms with van der Waals surface area (Å²) in [6.45, 7) is 0.483. The molecule has 11 heavy (non-hydrogen) atoms. The molecule has 2 rings (SSSR count). The Morgan fingerprint density at radius 1 is 1.73 bits per heavy atom. The van der Waals surface area contributed by atoms with E-state index in [1.165, 1.54) is 12.8 Å². The number of nitrogens with one attached hydrogen (secondary N) is 1. The lowest BCUT2D eigenvalue weighted by Crippen LogP contribution is -2.10. The first-order chi connectivity index (χ1) is 5.42. The van der Waals surface area contributed by atoms with Gasteiger partial charge in [-0.05, 0) is 12.8 Å². The molecule has 0 amide bonds. The number of hydrogen-bond acceptors (Lipinski definition) is 3. The van der Waals surface area contributed by atoms with Crippen LogP contribution >= 0.6 is 0 Å². The molecule has 1 aromatic heterocycles. The largest absolute Gasteiger partial charge is 0.330 e. The molecule has 0 radical (unpaired) electrons. The van der Waals surface area contributed by atoms with Gasteiger partial charge in [-0.1, -0.05) is 0 Å². The molecule has 0 aliphatic heterocycles. The van der Waals surface area contributed by atoms with Crippen molar-refractivity contribution in [2.75, 3.05) is 0 Å². The van der Waals surface area contributed by atoms with Crippen LogP contribution in [0, 0.1) is 0 Å². The first-order valence-corrected chi connectivity index (χ1v) is 3.79. The van der Waals surface area contributed by atoms with Gasteiger partial charge in [-0.25, -0.2) is 4.98 Å². The van der Waals surface area contributed by atoms with Gasteiger partial charge in [0.05, 0.1) is 18.6 Å². The summed E-state index contributed by atoms with van der Waals surface area (Å²) >= 11 is 0. The Morgan fingerprint density at radius 3 is 3.18 bits per heavy atom. The highest BCUT2D eigenvalue weighted by Gasteiger charge is 2.24. The number of hydrogen-bond donors (Lipinski definition) is 2. The summed E-state index contributed by atoms with van der Waals surface area (Å²) in [5.41, 5.74) is 3.18. The predicted molar refractivity (Wildman–Crippen MR) is 39.1 cm³/mol. The number of aromatic nitrogens is 2. The number of hydroxylamine groups is 1. The summed E-state index contributed by atoms with van der Waals surface area (Å²) in [6, 6.07) is 0.640. The Bertz CT molecular complexity index is 242. The van der Waals surface area contributed by atoms with E-state index >= 15 is 0 Å². The average molecular weight is 153 g/mol. The number of nitrogens with zero attached hydrogens (tertiary/aromatic N) is 2. The van der Waals surface area contributed by atoms with Crippen molar-refractivity contribution >= 4 is 0 Å². The normalized spacial score (nSPS) is 17.2. The van der Waals surface area contributed by atoms with Gasteiger partial charge in [0.15, 0.2) is 0 Å². The van der Waals surface area contributed by atoms with E-state index in [-0.39, 0.29) is 0 Å². The van der Waals surface area contributed by atoms with Gasteiger partial charge in [0.25, 0.3) is 0 Å². The van der Waals surface area contributed by atoms with Crippen molar-refractivity contribution < 1.29 is 5.21 Å². The van der Waals surface area contributed by atoms with Crippen LogP contribution in [0.1, 0.15) is 24.6 Å². The number of imidazole rings is 1. The van der Waals surface area contributed by atoms with E-state index in [1.807, 2.05) is 6.33 Å². The Balaban J connectivity index is 2.16. The van der Waals surface area contributed by atoms with Crippen LogP contribution in [-0.4, -0.2) is 14.8 Å². The molecule has 1 fully saturated rings. The van der Waals surface area contributed by atoms with Crippen molar-refractivity contribution in [2.24, 2.45) is 0 Å². The standard InChI is InChI=1S/C7H11N3O/c11-9-4-7-3-8-5-10(7)6-1-2-6/h3,5-6,9,11H,1-2,4H2. The van der Waals surface area contributed by atoms with Gasteiger partial charge in [0.2, 0.25) is 0 Å². The Kier molecular flexibility index (Phi) is 1.63. The first kappa shape index (κ1) is 6.82. The molecule has 0 atom stereocenters. The molecule has 0 saturated heterocycles. The Hall–Kier alpha value is -0.870. The van der Waals surface area contributed by atoms with Gasteiger partial charge in [0.1, 0.15) is 0 Å². The minimum Gasteiger partial charge on any atom is -0.330 e. The van der Waals surface area contributed by atoms with E-state index in [1.54, 1.807) is 6.20 Å². The van der Waals surface area contributed by atoms with Gasteiger partial charge in [-0.3, -0.25) is 0 Å². The van der Waals surface area contributed by atoms with Crippen LogP contribution in [0.2, 0.25) is 0 Å². The fourth-order valence-corrected chi connectivity index (χ4v) is 1.23. The molecule has 1 aromatic rings. The molecular formula is C7H11N3O. The van der Waals surface area contributed by atoms with Gasteiger partial charge in [-0.2, -0.15) is 5.48 Å². The summed E-state index contributed by atoms with van der Waals surface area (Å²) in [5, 5.41) is 8.47. The topological polar surface area (TPSA) is 50.1 Å². The molecule has 60 valence electrons. The van der Waals surface area contributed by atoms with Crippen molar-refractivity contribution in [1.82, 2.24) is 15.0 Å². The van der Waals surface area contributed by atoms with Crippen molar-refractivity contribution in [1.29, 1.82) is 0 Å². The second-order valence-electron chi connectivity index (χ2n) is 2.86. The van der Waals surface area contributed by atoms with Gasteiger partial charge in [-0.15, -0.1) is 0 Å². The van der Waals surface area contributed by atoms with E-state index in [0.29, 0.717) is 12.6 Å². The average Bonchev–Trinajstić information content (AvgIpc) is 2.75. The van der Waals surface area contributed by atoms with Crippen molar-refractivity contribution in [2.45, 2.75) is 25.4 Å². The highest BCUT2D eigenvalue weighted by molar-refractivity contribution is 5.02. The minimum absolute atomic E-state index is 0.483. The SMILES string of the molecule is ONCc1cncn1C1CC1. The molecule has 4 heteroatoms. The summed E-state index contributed by atoms with van der Waals surface area (Å²) in [6.07, 6.45) is 6.09. The van der Waals surface area contributed by atoms with Crippen LogP contribution in [0.4, 0.5) is 0 Å². The highest BCUT2D eigenvalue weighted by Crippen LogP contribution is 2.35. The molecule has 4 nitrogen and oxygen atoms in total. The summed E-state index contributed by atoms with van der Waals surface area (Å²) < 4.78 is 2.11. The van der Waals surface area contributed by atoms with E-state index < -0.39 is 0 Å². The molecule has 0 spiro atoms. The molecule has 1 aliphatic carbocycles. The van der Waals surface area contributed by atoms with Crippen molar-refractivity contribution in [3.05, 3.63) is 18.2 Å². The fraction of sp³-hybridized carbons (Fsp3) is 0.571. The van der Waals surface area contributed by atoms with Crippen LogP contribution in [0.5, 0.6) is 0 Å². The Morgan fingerprint density at radius 2 is 2.55 bits per heavy atom. The quantitative estimate of drug-likeness (QED) is 0.628. The lowest BCUT2D eigenvalue weighted by molar-refractivity contribution is 0.158. The maximum Gasteiger partial charge on any atom is 0.0951 e. The molecule has 1 aliphatic rings. The van der Waals surface area contributed by atoms with E-state index in [0.717, 1.165) is 5.69 Å². The molecule has 0 bridgehead atoms. The van der Waals surface area contributed by atoms with Crippen LogP contribution < -0.4 is 5.48 Å². The summed E-state index contributed by atoms with van der Waals surface area (Å²) in [5.74, 6) is 0. The summed E-state index contributed by atoms with van der Waals surface area (Å²) in [4.78, 5) is 4.01. The van der Waals surface area contributed by atoms with Crippen molar-refractivity contribution in [3.63, 3.8) is 0 Å². The van der Waals surface area contributed by atoms with Gasteiger partial charge in [0, 0.05) is 12.2 Å². The molecule has 1 heterocycles. The van der Waals surface area contributed by atoms with Crippen LogP contribution in [0.25, 0.3) is 0 Å². The third-order valence-electron chi connectivity index (χ3n) is 1.95. The third kappa shape index (κ3) is 1.27. The zero-order valence-electron chi connectivity index (χ0n) is 6.20. The molecule has 0 unspecified atom stereocenters. The maximum absolute atomic E-state index is 8.47. The zero-order chi connectivity index (χ0) is 7.68. The van der Waals surface area contributed by atoms with Crippen LogP contribution in [0.3, 0.4) is 0 Å². The van der Waals surface area contributed by atoms with Crippen LogP contribution in [-0.2, 0) is 6.54 Å². The highest BCUT2D eigenvalue weighted by atomic mass is 16.5. The predicted octanol–water partition coefficient (Wildman–Crippen LogP) is 0.697. The molecule has 2 N–H and O–H groups in total. The second-order valence-corrected chi connectivity index (χ2v) is 2.86. The van der Waals surface area contributed by atoms with E-state index in [9.17, 15) is 0 Å². The van der Waals surface area contributed by atoms with Crippen molar-refractivity contribution in [3.8, 4) is 0 Å². The molecule has 0 aromatic carbocycles. The van der Waals surface area contributed by atoms with E-state index in [2.05, 4.69) is 15.0 Å². The van der Waals surface area contributed by atoms with Gasteiger partial charge >= 0.3 is 0 Å². The lowest BCUT2D eigenvalue weighted by Gasteiger charge is -2.03. The number of rotatable bonds is 3. The first-order valence-electron chi connectivity index (χ1n) is 3.79. The third-order valence-corrected chi connectivity index (χ3v) is 1.95. The fourth-order valence-electron chi connectivity index (χ4n) is 1.23. The monoisotopic (exact) mass is 153 g/mol. The lowest BCUT2D eigenvalue weighted by atomic mass is 10.4. The molecular weight excluding hydrogens is 142 g/mol. The molecule has 1 saturated carbocycles. The Labute approximate surface area is 64.8 Å². The van der Waals surface area contributed by atoms with Gasteiger partial charge < -0.3 is 9.77 Å². The minimum atomic E-state index is 0.483. The smallest absolute Gasteiger partial charge is 0.0951 e. The zero-order valence-corrected chi connectivity index (χ0v) is 6.20.